The van der Waals surface area contributed by atoms with Gasteiger partial charge in [-0.1, -0.05) is 55.4 Å². The summed E-state index contributed by atoms with van der Waals surface area (Å²) in [6.45, 7) is 18.1. The molecule has 1 aromatic carbocycles. The van der Waals surface area contributed by atoms with Crippen LogP contribution in [0.5, 0.6) is 0 Å². The molecule has 0 aliphatic carbocycles. The van der Waals surface area contributed by atoms with E-state index in [0.29, 0.717) is 23.7 Å². The maximum atomic E-state index is 6.75. The van der Waals surface area contributed by atoms with Crippen molar-refractivity contribution in [2.75, 3.05) is 11.5 Å². The van der Waals surface area contributed by atoms with Crippen LogP contribution in [0.2, 0.25) is 0 Å². The van der Waals surface area contributed by atoms with Crippen LogP contribution in [0.4, 0.5) is 11.4 Å². The summed E-state index contributed by atoms with van der Waals surface area (Å²) in [5, 5.41) is 0. The maximum Gasteiger partial charge on any atom is 0.0386 e. The molecule has 0 bridgehead atoms. The Balaban J connectivity index is 3.64. The fourth-order valence-electron chi connectivity index (χ4n) is 3.58. The van der Waals surface area contributed by atoms with Crippen molar-refractivity contribution in [3.8, 4) is 0 Å². The van der Waals surface area contributed by atoms with Crippen molar-refractivity contribution in [1.82, 2.24) is 0 Å². The molecule has 0 saturated carbocycles. The molecule has 0 saturated heterocycles. The fraction of sp³-hybridized carbons (Fsp3) is 0.727. The molecule has 0 unspecified atom stereocenters. The Labute approximate surface area is 150 Å². The van der Waals surface area contributed by atoms with Gasteiger partial charge in [0.15, 0.2) is 0 Å². The smallest absolute Gasteiger partial charge is 0.0386 e. The molecule has 0 aliphatic heterocycles. The summed E-state index contributed by atoms with van der Waals surface area (Å²) in [6, 6.07) is 0. The Hall–Kier alpha value is -1.18. The fourth-order valence-corrected chi connectivity index (χ4v) is 3.58. The first-order chi connectivity index (χ1) is 11.0. The zero-order chi connectivity index (χ0) is 18.6. The van der Waals surface area contributed by atoms with Crippen LogP contribution in [0.25, 0.3) is 0 Å². The molecule has 0 fully saturated rings. The minimum absolute atomic E-state index is 0.584. The van der Waals surface area contributed by atoms with E-state index in [2.05, 4.69) is 55.4 Å². The summed E-state index contributed by atoms with van der Waals surface area (Å²) < 4.78 is 0. The number of hydrogen-bond donors (Lipinski definition) is 2. The van der Waals surface area contributed by atoms with E-state index in [1.165, 1.54) is 22.3 Å². The number of anilines is 2. The van der Waals surface area contributed by atoms with Gasteiger partial charge in [-0.25, -0.2) is 0 Å². The van der Waals surface area contributed by atoms with Gasteiger partial charge in [0.1, 0.15) is 0 Å². The Bertz CT molecular complexity index is 445. The molecule has 0 spiro atoms. The lowest BCUT2D eigenvalue weighted by molar-refractivity contribution is 0.602. The number of rotatable bonds is 8. The zero-order valence-corrected chi connectivity index (χ0v) is 17.3. The molecule has 2 nitrogen and oxygen atoms in total. The first kappa shape index (κ1) is 20.9. The van der Waals surface area contributed by atoms with E-state index in [1.54, 1.807) is 0 Å². The molecule has 0 radical (unpaired) electrons. The van der Waals surface area contributed by atoms with E-state index in [-0.39, 0.29) is 0 Å². The standard InChI is InChI=1S/C22H40N2/c1-13(2)9-17-18(10-14(3)4)22(24)20(12-16(7)8)19(21(17)23)11-15(5)6/h13-16H,9-12,23-24H2,1-8H3. The Morgan fingerprint density at radius 2 is 0.625 bits per heavy atom. The van der Waals surface area contributed by atoms with E-state index in [9.17, 15) is 0 Å². The molecule has 0 atom stereocenters. The average Bonchev–Trinajstić information content (AvgIpc) is 2.42. The molecule has 0 amide bonds. The van der Waals surface area contributed by atoms with Gasteiger partial charge >= 0.3 is 0 Å². The third-order valence-electron chi connectivity index (χ3n) is 4.48. The van der Waals surface area contributed by atoms with Crippen molar-refractivity contribution < 1.29 is 0 Å². The SMILES string of the molecule is CC(C)Cc1c(N)c(CC(C)C)c(CC(C)C)c(N)c1CC(C)C. The first-order valence-corrected chi connectivity index (χ1v) is 9.74. The highest BCUT2D eigenvalue weighted by Gasteiger charge is 2.22. The largest absolute Gasteiger partial charge is 0.398 e. The molecule has 1 rings (SSSR count). The molecule has 0 heterocycles. The number of nitrogen functional groups attached to an aromatic ring is 2. The summed E-state index contributed by atoms with van der Waals surface area (Å²) in [7, 11) is 0. The summed E-state index contributed by atoms with van der Waals surface area (Å²) in [5.74, 6) is 2.34. The van der Waals surface area contributed by atoms with E-state index in [4.69, 9.17) is 11.5 Å². The molecular weight excluding hydrogens is 292 g/mol. The lowest BCUT2D eigenvalue weighted by Crippen LogP contribution is -2.17. The van der Waals surface area contributed by atoms with Gasteiger partial charge in [0.25, 0.3) is 0 Å². The number of hydrogen-bond acceptors (Lipinski definition) is 2. The van der Waals surface area contributed by atoms with Crippen molar-refractivity contribution in [2.24, 2.45) is 23.7 Å². The average molecular weight is 333 g/mol. The van der Waals surface area contributed by atoms with Gasteiger partial charge in [-0.05, 0) is 71.6 Å². The van der Waals surface area contributed by atoms with Gasteiger partial charge in [0.2, 0.25) is 0 Å². The quantitative estimate of drug-likeness (QED) is 0.605. The van der Waals surface area contributed by atoms with Crippen molar-refractivity contribution in [2.45, 2.75) is 81.1 Å². The second kappa shape index (κ2) is 8.78. The Morgan fingerprint density at radius 3 is 0.750 bits per heavy atom. The second-order valence-corrected chi connectivity index (χ2v) is 9.13. The molecular formula is C22H40N2. The molecule has 0 aliphatic rings. The third kappa shape index (κ3) is 5.43. The van der Waals surface area contributed by atoms with Crippen LogP contribution < -0.4 is 11.5 Å². The third-order valence-corrected chi connectivity index (χ3v) is 4.48. The van der Waals surface area contributed by atoms with Crippen LogP contribution in [0.1, 0.15) is 77.6 Å². The molecule has 1 aromatic rings. The minimum Gasteiger partial charge on any atom is -0.398 e. The Kier molecular flexibility index (Phi) is 7.63. The van der Waals surface area contributed by atoms with Gasteiger partial charge < -0.3 is 11.5 Å². The number of nitrogens with two attached hydrogens (primary N) is 2. The highest BCUT2D eigenvalue weighted by Crippen LogP contribution is 2.38. The van der Waals surface area contributed by atoms with Gasteiger partial charge in [0.05, 0.1) is 0 Å². The Morgan fingerprint density at radius 1 is 0.458 bits per heavy atom. The molecule has 4 N–H and O–H groups in total. The molecule has 138 valence electrons. The summed E-state index contributed by atoms with van der Waals surface area (Å²) >= 11 is 0. The van der Waals surface area contributed by atoms with Crippen LogP contribution in [0.3, 0.4) is 0 Å². The van der Waals surface area contributed by atoms with Crippen LogP contribution >= 0.6 is 0 Å². The van der Waals surface area contributed by atoms with Crippen LogP contribution in [0, 0.1) is 23.7 Å². The molecule has 2 heteroatoms. The summed E-state index contributed by atoms with van der Waals surface area (Å²) in [5.41, 5.74) is 20.8. The lowest BCUT2D eigenvalue weighted by atomic mass is 9.81. The second-order valence-electron chi connectivity index (χ2n) is 9.13. The van der Waals surface area contributed by atoms with Crippen LogP contribution in [0.15, 0.2) is 0 Å². The highest BCUT2D eigenvalue weighted by molar-refractivity contribution is 5.72. The lowest BCUT2D eigenvalue weighted by Gasteiger charge is -2.26. The molecule has 24 heavy (non-hydrogen) atoms. The zero-order valence-electron chi connectivity index (χ0n) is 17.3. The first-order valence-electron chi connectivity index (χ1n) is 9.74. The van der Waals surface area contributed by atoms with Gasteiger partial charge in [0, 0.05) is 11.4 Å². The summed E-state index contributed by atoms with van der Waals surface area (Å²) in [6.07, 6.45) is 4.08. The highest BCUT2D eigenvalue weighted by atomic mass is 14.6. The summed E-state index contributed by atoms with van der Waals surface area (Å²) in [4.78, 5) is 0. The van der Waals surface area contributed by atoms with Crippen LogP contribution in [-0.2, 0) is 25.7 Å². The van der Waals surface area contributed by atoms with Gasteiger partial charge in [-0.3, -0.25) is 0 Å². The van der Waals surface area contributed by atoms with E-state index in [0.717, 1.165) is 37.1 Å². The van der Waals surface area contributed by atoms with Gasteiger partial charge in [-0.2, -0.15) is 0 Å². The minimum atomic E-state index is 0.584. The number of benzene rings is 1. The van der Waals surface area contributed by atoms with E-state index in [1.807, 2.05) is 0 Å². The van der Waals surface area contributed by atoms with Crippen molar-refractivity contribution in [3.05, 3.63) is 22.3 Å². The van der Waals surface area contributed by atoms with Crippen molar-refractivity contribution >= 4 is 11.4 Å². The predicted octanol–water partition coefficient (Wildman–Crippen LogP) is 5.65. The van der Waals surface area contributed by atoms with Gasteiger partial charge in [-0.15, -0.1) is 0 Å². The molecule has 0 aromatic heterocycles. The topological polar surface area (TPSA) is 52.0 Å². The van der Waals surface area contributed by atoms with E-state index >= 15 is 0 Å². The normalized spacial score (nSPS) is 12.2. The maximum absolute atomic E-state index is 6.75. The van der Waals surface area contributed by atoms with Crippen molar-refractivity contribution in [3.63, 3.8) is 0 Å². The van der Waals surface area contributed by atoms with Crippen LogP contribution in [-0.4, -0.2) is 0 Å². The predicted molar refractivity (Wildman–Crippen MR) is 109 cm³/mol. The monoisotopic (exact) mass is 332 g/mol. The van der Waals surface area contributed by atoms with E-state index < -0.39 is 0 Å². The van der Waals surface area contributed by atoms with Crippen molar-refractivity contribution in [1.29, 1.82) is 0 Å².